The third-order valence-corrected chi connectivity index (χ3v) is 5.75. The van der Waals surface area contributed by atoms with Gasteiger partial charge < -0.3 is 19.4 Å². The van der Waals surface area contributed by atoms with E-state index in [4.69, 9.17) is 9.47 Å². The third-order valence-electron chi connectivity index (χ3n) is 4.79. The SMILES string of the molecule is CCOC(=O)c1cccc(NC(=O)CSc2nnc(COc3ccc(C)cc3C)n2CC)c1. The van der Waals surface area contributed by atoms with Crippen LogP contribution in [0, 0.1) is 13.8 Å². The van der Waals surface area contributed by atoms with Gasteiger partial charge in [-0.3, -0.25) is 4.79 Å². The molecule has 1 amide bonds. The van der Waals surface area contributed by atoms with Crippen LogP contribution in [0.25, 0.3) is 0 Å². The number of thioether (sulfide) groups is 1. The molecule has 3 rings (SSSR count). The maximum atomic E-state index is 12.4. The van der Waals surface area contributed by atoms with Gasteiger partial charge in [-0.05, 0) is 57.5 Å². The summed E-state index contributed by atoms with van der Waals surface area (Å²) in [5.41, 5.74) is 3.17. The lowest BCUT2D eigenvalue weighted by Crippen LogP contribution is -2.15. The summed E-state index contributed by atoms with van der Waals surface area (Å²) in [5, 5.41) is 11.9. The summed E-state index contributed by atoms with van der Waals surface area (Å²) >= 11 is 1.30. The maximum absolute atomic E-state index is 12.4. The Morgan fingerprint density at radius 2 is 1.91 bits per heavy atom. The largest absolute Gasteiger partial charge is 0.485 e. The van der Waals surface area contributed by atoms with Crippen molar-refractivity contribution in [1.29, 1.82) is 0 Å². The molecule has 1 aromatic heterocycles. The summed E-state index contributed by atoms with van der Waals surface area (Å²) < 4.78 is 12.9. The highest BCUT2D eigenvalue weighted by atomic mass is 32.2. The van der Waals surface area contributed by atoms with E-state index in [1.54, 1.807) is 31.2 Å². The van der Waals surface area contributed by atoms with Crippen molar-refractivity contribution < 1.29 is 19.1 Å². The van der Waals surface area contributed by atoms with Gasteiger partial charge in [0.2, 0.25) is 5.91 Å². The average molecular weight is 469 g/mol. The van der Waals surface area contributed by atoms with Crippen molar-refractivity contribution in [2.75, 3.05) is 17.7 Å². The van der Waals surface area contributed by atoms with Crippen molar-refractivity contribution in [2.24, 2.45) is 0 Å². The van der Waals surface area contributed by atoms with E-state index in [1.165, 1.54) is 17.3 Å². The first-order chi connectivity index (χ1) is 15.9. The van der Waals surface area contributed by atoms with E-state index in [0.29, 0.717) is 35.4 Å². The van der Waals surface area contributed by atoms with E-state index < -0.39 is 5.97 Å². The average Bonchev–Trinajstić information content (AvgIpc) is 3.19. The van der Waals surface area contributed by atoms with Gasteiger partial charge in [0.15, 0.2) is 11.0 Å². The minimum Gasteiger partial charge on any atom is -0.485 e. The first-order valence-corrected chi connectivity index (χ1v) is 11.7. The zero-order chi connectivity index (χ0) is 23.8. The Labute approximate surface area is 197 Å². The van der Waals surface area contributed by atoms with Crippen molar-refractivity contribution in [3.63, 3.8) is 0 Å². The van der Waals surface area contributed by atoms with Gasteiger partial charge in [-0.1, -0.05) is 35.5 Å². The van der Waals surface area contributed by atoms with Crippen LogP contribution in [0.4, 0.5) is 5.69 Å². The molecule has 0 saturated carbocycles. The lowest BCUT2D eigenvalue weighted by molar-refractivity contribution is -0.113. The Kier molecular flexibility index (Phi) is 8.48. The number of aromatic nitrogens is 3. The minimum absolute atomic E-state index is 0.152. The van der Waals surface area contributed by atoms with Crippen molar-refractivity contribution in [3.05, 3.63) is 65.0 Å². The molecule has 0 unspecified atom stereocenters. The molecular formula is C24H28N4O4S. The van der Waals surface area contributed by atoms with E-state index in [9.17, 15) is 9.59 Å². The fraction of sp³-hybridized carbons (Fsp3) is 0.333. The van der Waals surface area contributed by atoms with Gasteiger partial charge in [0.05, 0.1) is 17.9 Å². The molecule has 0 aliphatic heterocycles. The minimum atomic E-state index is -0.422. The number of amides is 1. The third kappa shape index (κ3) is 6.58. The van der Waals surface area contributed by atoms with Crippen molar-refractivity contribution >= 4 is 29.3 Å². The van der Waals surface area contributed by atoms with Gasteiger partial charge in [-0.25, -0.2) is 4.79 Å². The zero-order valence-electron chi connectivity index (χ0n) is 19.3. The molecule has 0 bridgehead atoms. The Morgan fingerprint density at radius 1 is 1.09 bits per heavy atom. The summed E-state index contributed by atoms with van der Waals surface area (Å²) in [5.74, 6) is 1.03. The molecule has 33 heavy (non-hydrogen) atoms. The Bertz CT molecular complexity index is 1130. The highest BCUT2D eigenvalue weighted by Crippen LogP contribution is 2.22. The van der Waals surface area contributed by atoms with Crippen LogP contribution in [-0.4, -0.2) is 39.0 Å². The Balaban J connectivity index is 1.58. The lowest BCUT2D eigenvalue weighted by Gasteiger charge is -2.11. The lowest BCUT2D eigenvalue weighted by atomic mass is 10.1. The van der Waals surface area contributed by atoms with Gasteiger partial charge in [0, 0.05) is 12.2 Å². The number of ether oxygens (including phenoxy) is 2. The summed E-state index contributed by atoms with van der Waals surface area (Å²) in [6.07, 6.45) is 0. The normalized spacial score (nSPS) is 10.7. The molecule has 2 aromatic carbocycles. The van der Waals surface area contributed by atoms with Crippen LogP contribution in [0.1, 0.15) is 41.2 Å². The van der Waals surface area contributed by atoms with E-state index in [2.05, 4.69) is 21.6 Å². The number of esters is 1. The molecule has 0 aliphatic carbocycles. The maximum Gasteiger partial charge on any atom is 0.338 e. The second kappa shape index (κ2) is 11.5. The van der Waals surface area contributed by atoms with Gasteiger partial charge in [0.25, 0.3) is 0 Å². The molecule has 1 N–H and O–H groups in total. The number of nitrogens with zero attached hydrogens (tertiary/aromatic N) is 3. The number of benzene rings is 2. The van der Waals surface area contributed by atoms with Crippen LogP contribution in [0.3, 0.4) is 0 Å². The van der Waals surface area contributed by atoms with Crippen LogP contribution in [0.2, 0.25) is 0 Å². The smallest absolute Gasteiger partial charge is 0.338 e. The quantitative estimate of drug-likeness (QED) is 0.348. The fourth-order valence-electron chi connectivity index (χ4n) is 3.22. The van der Waals surface area contributed by atoms with Crippen LogP contribution in [-0.2, 0) is 22.7 Å². The van der Waals surface area contributed by atoms with E-state index in [0.717, 1.165) is 11.3 Å². The molecule has 0 saturated heterocycles. The van der Waals surface area contributed by atoms with Crippen LogP contribution >= 0.6 is 11.8 Å². The monoisotopic (exact) mass is 468 g/mol. The van der Waals surface area contributed by atoms with E-state index >= 15 is 0 Å². The second-order valence-corrected chi connectivity index (χ2v) is 8.28. The predicted molar refractivity (Wildman–Crippen MR) is 128 cm³/mol. The molecule has 174 valence electrons. The predicted octanol–water partition coefficient (Wildman–Crippen LogP) is 4.40. The number of aryl methyl sites for hydroxylation is 2. The fourth-order valence-corrected chi connectivity index (χ4v) is 4.04. The van der Waals surface area contributed by atoms with E-state index in [1.807, 2.05) is 37.5 Å². The molecule has 0 radical (unpaired) electrons. The highest BCUT2D eigenvalue weighted by Gasteiger charge is 2.15. The Hall–Kier alpha value is -3.33. The molecule has 0 fully saturated rings. The topological polar surface area (TPSA) is 95.3 Å². The number of hydrogen-bond acceptors (Lipinski definition) is 7. The van der Waals surface area contributed by atoms with Gasteiger partial charge >= 0.3 is 5.97 Å². The molecule has 0 spiro atoms. The van der Waals surface area contributed by atoms with Gasteiger partial charge in [-0.2, -0.15) is 0 Å². The first-order valence-electron chi connectivity index (χ1n) is 10.7. The van der Waals surface area contributed by atoms with Crippen LogP contribution in [0.5, 0.6) is 5.75 Å². The van der Waals surface area contributed by atoms with Crippen LogP contribution < -0.4 is 10.1 Å². The van der Waals surface area contributed by atoms with E-state index in [-0.39, 0.29) is 18.3 Å². The van der Waals surface area contributed by atoms with Crippen molar-refractivity contribution in [1.82, 2.24) is 14.8 Å². The standard InChI is InChI=1S/C24H28N4O4S/c1-5-28-21(14-32-20-11-10-16(3)12-17(20)4)26-27-24(28)33-15-22(29)25-19-9-7-8-18(13-19)23(30)31-6-2/h7-13H,5-6,14-15H2,1-4H3,(H,25,29). The van der Waals surface area contributed by atoms with Gasteiger partial charge in [-0.15, -0.1) is 10.2 Å². The zero-order valence-corrected chi connectivity index (χ0v) is 20.1. The van der Waals surface area contributed by atoms with Crippen molar-refractivity contribution in [2.45, 2.75) is 46.0 Å². The summed E-state index contributed by atoms with van der Waals surface area (Å²) in [7, 11) is 0. The molecule has 0 aliphatic rings. The number of hydrogen-bond donors (Lipinski definition) is 1. The first kappa shape index (κ1) is 24.3. The molecular weight excluding hydrogens is 440 g/mol. The number of nitrogens with one attached hydrogen (secondary N) is 1. The van der Waals surface area contributed by atoms with Gasteiger partial charge in [0.1, 0.15) is 12.4 Å². The molecule has 9 heteroatoms. The second-order valence-electron chi connectivity index (χ2n) is 7.34. The Morgan fingerprint density at radius 3 is 2.64 bits per heavy atom. The molecule has 1 heterocycles. The number of carbonyl (C=O) groups is 2. The highest BCUT2D eigenvalue weighted by molar-refractivity contribution is 7.99. The number of anilines is 1. The summed E-state index contributed by atoms with van der Waals surface area (Å²) in [4.78, 5) is 24.3. The van der Waals surface area contributed by atoms with Crippen LogP contribution in [0.15, 0.2) is 47.6 Å². The molecule has 8 nitrogen and oxygen atoms in total. The molecule has 3 aromatic rings. The summed E-state index contributed by atoms with van der Waals surface area (Å²) in [6.45, 7) is 9.03. The van der Waals surface area contributed by atoms with Crippen molar-refractivity contribution in [3.8, 4) is 5.75 Å². The number of rotatable bonds is 10. The molecule has 0 atom stereocenters. The number of carbonyl (C=O) groups excluding carboxylic acids is 2. The summed E-state index contributed by atoms with van der Waals surface area (Å²) in [6, 6.07) is 12.7.